The van der Waals surface area contributed by atoms with Crippen LogP contribution < -0.4 is 14.8 Å². The van der Waals surface area contributed by atoms with E-state index in [0.29, 0.717) is 31.7 Å². The van der Waals surface area contributed by atoms with Gasteiger partial charge in [0.05, 0.1) is 12.8 Å². The molecule has 0 aliphatic carbocycles. The highest BCUT2D eigenvalue weighted by molar-refractivity contribution is 7.88. The zero-order chi connectivity index (χ0) is 18.9. The zero-order valence-electron chi connectivity index (χ0n) is 15.4. The lowest BCUT2D eigenvalue weighted by Gasteiger charge is -2.21. The first-order valence-electron chi connectivity index (χ1n) is 8.86. The van der Waals surface area contributed by atoms with Gasteiger partial charge in [-0.15, -0.1) is 0 Å². The van der Waals surface area contributed by atoms with Crippen LogP contribution >= 0.6 is 0 Å². The molecule has 1 N–H and O–H groups in total. The molecule has 1 fully saturated rings. The number of benzene rings is 1. The highest BCUT2D eigenvalue weighted by Gasteiger charge is 2.36. The van der Waals surface area contributed by atoms with Crippen LogP contribution in [0.25, 0.3) is 0 Å². The Morgan fingerprint density at radius 2 is 2.19 bits per heavy atom. The van der Waals surface area contributed by atoms with Gasteiger partial charge in [0.25, 0.3) is 0 Å². The highest BCUT2D eigenvalue weighted by atomic mass is 32.2. The monoisotopic (exact) mass is 382 g/mol. The number of nitrogens with zero attached hydrogens (tertiary/aromatic N) is 1. The number of amides is 1. The van der Waals surface area contributed by atoms with Crippen molar-refractivity contribution in [3.05, 3.63) is 23.8 Å². The maximum Gasteiger partial charge on any atom is 0.238 e. The molecule has 0 radical (unpaired) electrons. The molecule has 8 heteroatoms. The molecule has 2 aliphatic heterocycles. The van der Waals surface area contributed by atoms with Crippen LogP contribution in [0.5, 0.6) is 11.5 Å². The molecule has 3 rings (SSSR count). The first-order chi connectivity index (χ1) is 12.2. The molecular formula is C18H26N2O5S. The van der Waals surface area contributed by atoms with Crippen molar-refractivity contribution in [2.75, 3.05) is 26.0 Å². The van der Waals surface area contributed by atoms with Crippen LogP contribution in [-0.4, -0.2) is 56.2 Å². The number of sulfonamides is 1. The lowest BCUT2D eigenvalue weighted by molar-refractivity contribution is -0.124. The van der Waals surface area contributed by atoms with Gasteiger partial charge in [-0.1, -0.05) is 12.1 Å². The zero-order valence-corrected chi connectivity index (χ0v) is 16.3. The lowest BCUT2D eigenvalue weighted by atomic mass is 10.0. The number of ether oxygens (including phenoxy) is 2. The summed E-state index contributed by atoms with van der Waals surface area (Å²) in [5, 5.41) is 2.77. The van der Waals surface area contributed by atoms with Crippen LogP contribution in [0.4, 0.5) is 0 Å². The van der Waals surface area contributed by atoms with Gasteiger partial charge in [-0.3, -0.25) is 4.79 Å². The molecule has 0 spiro atoms. The Balaban J connectivity index is 1.51. The molecule has 1 unspecified atom stereocenters. The van der Waals surface area contributed by atoms with E-state index >= 15 is 0 Å². The minimum atomic E-state index is -3.36. The molecule has 2 aliphatic rings. The number of rotatable bonds is 6. The van der Waals surface area contributed by atoms with E-state index in [1.54, 1.807) is 0 Å². The van der Waals surface area contributed by atoms with Crippen molar-refractivity contribution in [2.45, 2.75) is 44.8 Å². The largest absolute Gasteiger partial charge is 0.488 e. The lowest BCUT2D eigenvalue weighted by Crippen LogP contribution is -2.46. The van der Waals surface area contributed by atoms with Crippen molar-refractivity contribution >= 4 is 15.9 Å². The molecule has 1 saturated heterocycles. The first kappa shape index (κ1) is 19.0. The van der Waals surface area contributed by atoms with Gasteiger partial charge in [-0.25, -0.2) is 8.42 Å². The minimum Gasteiger partial charge on any atom is -0.488 e. The van der Waals surface area contributed by atoms with Crippen molar-refractivity contribution < 1.29 is 22.7 Å². The van der Waals surface area contributed by atoms with Crippen molar-refractivity contribution in [2.24, 2.45) is 0 Å². The number of nitrogens with one attached hydrogen (secondary N) is 1. The summed E-state index contributed by atoms with van der Waals surface area (Å²) >= 11 is 0. The fourth-order valence-electron chi connectivity index (χ4n) is 3.55. The second-order valence-corrected chi connectivity index (χ2v) is 9.39. The summed E-state index contributed by atoms with van der Waals surface area (Å²) in [7, 11) is -3.36. The number of carbonyl (C=O) groups is 1. The van der Waals surface area contributed by atoms with E-state index in [4.69, 9.17) is 9.47 Å². The minimum absolute atomic E-state index is 0.242. The van der Waals surface area contributed by atoms with Crippen LogP contribution in [0, 0.1) is 0 Å². The third-order valence-corrected chi connectivity index (χ3v) is 5.94. The van der Waals surface area contributed by atoms with E-state index in [9.17, 15) is 13.2 Å². The van der Waals surface area contributed by atoms with E-state index in [1.807, 2.05) is 32.0 Å². The third-order valence-electron chi connectivity index (χ3n) is 4.65. The number of hydrogen-bond donors (Lipinski definition) is 1. The molecule has 1 amide bonds. The van der Waals surface area contributed by atoms with Gasteiger partial charge >= 0.3 is 0 Å². The summed E-state index contributed by atoms with van der Waals surface area (Å²) in [6, 6.07) is 5.19. The predicted molar refractivity (Wildman–Crippen MR) is 97.9 cm³/mol. The van der Waals surface area contributed by atoms with E-state index in [-0.39, 0.29) is 18.1 Å². The second-order valence-electron chi connectivity index (χ2n) is 7.45. The Morgan fingerprint density at radius 1 is 1.42 bits per heavy atom. The van der Waals surface area contributed by atoms with Crippen LogP contribution in [0.3, 0.4) is 0 Å². The molecule has 1 aromatic rings. The van der Waals surface area contributed by atoms with Gasteiger partial charge in [0.15, 0.2) is 11.5 Å². The molecule has 1 atom stereocenters. The first-order valence-corrected chi connectivity index (χ1v) is 10.7. The average Bonchev–Trinajstić information content (AvgIpc) is 3.14. The fraction of sp³-hybridized carbons (Fsp3) is 0.611. The van der Waals surface area contributed by atoms with Crippen molar-refractivity contribution in [3.8, 4) is 11.5 Å². The van der Waals surface area contributed by atoms with Crippen molar-refractivity contribution in [1.82, 2.24) is 9.62 Å². The summed E-state index contributed by atoms with van der Waals surface area (Å²) in [5.41, 5.74) is 0.874. The van der Waals surface area contributed by atoms with E-state index in [1.165, 1.54) is 4.31 Å². The summed E-state index contributed by atoms with van der Waals surface area (Å²) < 4.78 is 36.5. The van der Waals surface area contributed by atoms with E-state index < -0.39 is 16.1 Å². The Labute approximate surface area is 154 Å². The van der Waals surface area contributed by atoms with E-state index in [2.05, 4.69) is 5.32 Å². The third kappa shape index (κ3) is 4.12. The van der Waals surface area contributed by atoms with Gasteiger partial charge in [0.2, 0.25) is 15.9 Å². The molecule has 144 valence electrons. The number of para-hydroxylation sites is 1. The van der Waals surface area contributed by atoms with Gasteiger partial charge in [-0.05, 0) is 32.8 Å². The molecule has 7 nitrogen and oxygen atoms in total. The highest BCUT2D eigenvalue weighted by Crippen LogP contribution is 2.41. The smallest absolute Gasteiger partial charge is 0.238 e. The van der Waals surface area contributed by atoms with Crippen LogP contribution in [0.2, 0.25) is 0 Å². The summed E-state index contributed by atoms with van der Waals surface area (Å²) in [4.78, 5) is 12.3. The van der Waals surface area contributed by atoms with Gasteiger partial charge < -0.3 is 14.8 Å². The summed E-state index contributed by atoms with van der Waals surface area (Å²) in [5.74, 6) is 1.16. The molecule has 0 aromatic heterocycles. The molecule has 1 aromatic carbocycles. The van der Waals surface area contributed by atoms with Crippen LogP contribution in [0.1, 0.15) is 32.3 Å². The number of hydrogen-bond acceptors (Lipinski definition) is 5. The Morgan fingerprint density at radius 3 is 2.92 bits per heavy atom. The number of fused-ring (bicyclic) bond motifs is 1. The maximum absolute atomic E-state index is 12.3. The molecular weight excluding hydrogens is 356 g/mol. The topological polar surface area (TPSA) is 84.9 Å². The van der Waals surface area contributed by atoms with E-state index in [0.717, 1.165) is 24.0 Å². The predicted octanol–water partition coefficient (Wildman–Crippen LogP) is 1.32. The van der Waals surface area contributed by atoms with Crippen molar-refractivity contribution in [3.63, 3.8) is 0 Å². The Kier molecular flexibility index (Phi) is 5.16. The van der Waals surface area contributed by atoms with Crippen LogP contribution in [0.15, 0.2) is 18.2 Å². The SMILES string of the molecule is CC1(C)Cc2cccc(OCCNC(=O)C3CCCN3S(C)(=O)=O)c2O1. The molecule has 2 heterocycles. The molecule has 0 bridgehead atoms. The number of carbonyl (C=O) groups excluding carboxylic acids is 1. The molecule has 0 saturated carbocycles. The fourth-order valence-corrected chi connectivity index (χ4v) is 4.68. The maximum atomic E-state index is 12.3. The van der Waals surface area contributed by atoms with Crippen molar-refractivity contribution in [1.29, 1.82) is 0 Å². The quantitative estimate of drug-likeness (QED) is 0.750. The normalized spacial score (nSPS) is 21.9. The van der Waals surface area contributed by atoms with Gasteiger partial charge in [-0.2, -0.15) is 4.31 Å². The Hall–Kier alpha value is -1.80. The standard InChI is InChI=1S/C18H26N2O5S/c1-18(2)12-13-6-4-8-15(16(13)25-18)24-11-9-19-17(21)14-7-5-10-20(14)26(3,22)23/h4,6,8,14H,5,7,9-12H2,1-3H3,(H,19,21). The summed E-state index contributed by atoms with van der Waals surface area (Å²) in [6.45, 7) is 5.06. The molecule has 26 heavy (non-hydrogen) atoms. The van der Waals surface area contributed by atoms with Crippen LogP contribution in [-0.2, 0) is 21.2 Å². The Bertz CT molecular complexity index is 791. The van der Waals surface area contributed by atoms with Gasteiger partial charge in [0.1, 0.15) is 18.2 Å². The summed E-state index contributed by atoms with van der Waals surface area (Å²) in [6.07, 6.45) is 3.22. The van der Waals surface area contributed by atoms with Gasteiger partial charge in [0, 0.05) is 18.5 Å². The second kappa shape index (κ2) is 7.08. The average molecular weight is 382 g/mol.